The van der Waals surface area contributed by atoms with Crippen LogP contribution in [0.15, 0.2) is 42.5 Å². The largest absolute Gasteiger partial charge is 0.497 e. The molecule has 35 heavy (non-hydrogen) atoms. The van der Waals surface area contributed by atoms with Crippen LogP contribution in [-0.4, -0.2) is 86.5 Å². The number of methoxy groups -OCH3 is 2. The summed E-state index contributed by atoms with van der Waals surface area (Å²) in [5.74, 6) is 1.06. The maximum absolute atomic E-state index is 13.3. The van der Waals surface area contributed by atoms with Crippen molar-refractivity contribution in [3.8, 4) is 11.5 Å². The van der Waals surface area contributed by atoms with Gasteiger partial charge >= 0.3 is 0 Å². The first-order valence-corrected chi connectivity index (χ1v) is 12.0. The summed E-state index contributed by atoms with van der Waals surface area (Å²) < 4.78 is 24.3. The Balaban J connectivity index is 1.28. The highest BCUT2D eigenvalue weighted by Crippen LogP contribution is 2.39. The third kappa shape index (κ3) is 6.29. The molecule has 1 N–H and O–H groups in total. The van der Waals surface area contributed by atoms with Crippen molar-refractivity contribution >= 4 is 17.5 Å². The van der Waals surface area contributed by atoms with E-state index in [2.05, 4.69) is 15.1 Å². The SMILES string of the molecule is COc1ccc(OC)c([C@H]2CCCN2C(=O)CN2CCN(CC(=O)Nc3cccc(F)c3)CC2)c1. The maximum Gasteiger partial charge on any atom is 0.238 e. The van der Waals surface area contributed by atoms with Gasteiger partial charge in [-0.3, -0.25) is 19.4 Å². The van der Waals surface area contributed by atoms with E-state index in [1.807, 2.05) is 23.1 Å². The van der Waals surface area contributed by atoms with Crippen molar-refractivity contribution < 1.29 is 23.5 Å². The maximum atomic E-state index is 13.3. The fraction of sp³-hybridized carbons (Fsp3) is 0.462. The van der Waals surface area contributed by atoms with Crippen LogP contribution in [0.5, 0.6) is 11.5 Å². The molecule has 0 radical (unpaired) electrons. The molecule has 2 heterocycles. The minimum absolute atomic E-state index is 0.0274. The van der Waals surface area contributed by atoms with Gasteiger partial charge in [-0.1, -0.05) is 6.07 Å². The normalized spacial score (nSPS) is 18.9. The van der Waals surface area contributed by atoms with Gasteiger partial charge in [-0.2, -0.15) is 0 Å². The number of piperazine rings is 1. The van der Waals surface area contributed by atoms with Gasteiger partial charge in [0.05, 0.1) is 33.4 Å². The highest BCUT2D eigenvalue weighted by molar-refractivity contribution is 5.92. The smallest absolute Gasteiger partial charge is 0.238 e. The zero-order valence-corrected chi connectivity index (χ0v) is 20.3. The molecular formula is C26H33FN4O4. The summed E-state index contributed by atoms with van der Waals surface area (Å²) in [4.78, 5) is 31.7. The molecule has 2 amide bonds. The monoisotopic (exact) mass is 484 g/mol. The molecule has 0 aromatic heterocycles. The van der Waals surface area contributed by atoms with E-state index in [0.29, 0.717) is 38.4 Å². The lowest BCUT2D eigenvalue weighted by Crippen LogP contribution is -2.51. The predicted molar refractivity (Wildman–Crippen MR) is 131 cm³/mol. The summed E-state index contributed by atoms with van der Waals surface area (Å²) in [6.07, 6.45) is 1.84. The molecule has 2 aliphatic rings. The molecular weight excluding hydrogens is 451 g/mol. The van der Waals surface area contributed by atoms with Gasteiger partial charge in [0.15, 0.2) is 0 Å². The van der Waals surface area contributed by atoms with E-state index < -0.39 is 0 Å². The molecule has 188 valence electrons. The van der Waals surface area contributed by atoms with E-state index in [9.17, 15) is 14.0 Å². The molecule has 2 aromatic rings. The Morgan fingerprint density at radius 1 is 0.971 bits per heavy atom. The first kappa shape index (κ1) is 24.9. The number of benzene rings is 2. The number of hydrogen-bond donors (Lipinski definition) is 1. The molecule has 1 atom stereocenters. The van der Waals surface area contributed by atoms with Crippen LogP contribution in [0.25, 0.3) is 0 Å². The summed E-state index contributed by atoms with van der Waals surface area (Å²) in [5.41, 5.74) is 1.43. The van der Waals surface area contributed by atoms with Crippen LogP contribution < -0.4 is 14.8 Å². The summed E-state index contributed by atoms with van der Waals surface area (Å²) in [6, 6.07) is 11.6. The lowest BCUT2D eigenvalue weighted by atomic mass is 10.0. The third-order valence-corrected chi connectivity index (χ3v) is 6.67. The zero-order chi connectivity index (χ0) is 24.8. The van der Waals surface area contributed by atoms with Crippen molar-refractivity contribution in [3.63, 3.8) is 0 Å². The lowest BCUT2D eigenvalue weighted by Gasteiger charge is -2.35. The number of halogens is 1. The van der Waals surface area contributed by atoms with E-state index >= 15 is 0 Å². The van der Waals surface area contributed by atoms with Crippen molar-refractivity contribution in [3.05, 3.63) is 53.8 Å². The molecule has 2 saturated heterocycles. The molecule has 2 fully saturated rings. The molecule has 0 unspecified atom stereocenters. The Hall–Kier alpha value is -3.17. The highest BCUT2D eigenvalue weighted by Gasteiger charge is 2.33. The molecule has 8 nitrogen and oxygen atoms in total. The van der Waals surface area contributed by atoms with E-state index in [4.69, 9.17) is 9.47 Å². The van der Waals surface area contributed by atoms with E-state index in [0.717, 1.165) is 36.4 Å². The second kappa shape index (κ2) is 11.5. The van der Waals surface area contributed by atoms with Crippen molar-refractivity contribution in [2.45, 2.75) is 18.9 Å². The fourth-order valence-corrected chi connectivity index (χ4v) is 4.85. The number of nitrogens with one attached hydrogen (secondary N) is 1. The van der Waals surface area contributed by atoms with Gasteiger partial charge in [-0.15, -0.1) is 0 Å². The van der Waals surface area contributed by atoms with Gasteiger partial charge in [0, 0.05) is 44.0 Å². The van der Waals surface area contributed by atoms with E-state index in [1.54, 1.807) is 26.4 Å². The Bertz CT molecular complexity index is 1040. The van der Waals surface area contributed by atoms with E-state index in [1.165, 1.54) is 12.1 Å². The lowest BCUT2D eigenvalue weighted by molar-refractivity contribution is -0.134. The predicted octanol–water partition coefficient (Wildman–Crippen LogP) is 2.76. The Morgan fingerprint density at radius 3 is 2.40 bits per heavy atom. The van der Waals surface area contributed by atoms with Crippen molar-refractivity contribution in [1.82, 2.24) is 14.7 Å². The number of amides is 2. The Labute approximate surface area is 205 Å². The molecule has 0 aliphatic carbocycles. The van der Waals surface area contributed by atoms with Crippen LogP contribution in [0, 0.1) is 5.82 Å². The molecule has 2 aromatic carbocycles. The highest BCUT2D eigenvalue weighted by atomic mass is 19.1. The average Bonchev–Trinajstić information content (AvgIpc) is 3.35. The number of likely N-dealkylation sites (tertiary alicyclic amines) is 1. The molecule has 0 bridgehead atoms. The average molecular weight is 485 g/mol. The number of carbonyl (C=O) groups excluding carboxylic acids is 2. The first-order chi connectivity index (χ1) is 17.0. The van der Waals surface area contributed by atoms with Gasteiger partial charge in [-0.25, -0.2) is 4.39 Å². The Kier molecular flexibility index (Phi) is 8.20. The Morgan fingerprint density at radius 2 is 1.71 bits per heavy atom. The standard InChI is InChI=1S/C26H33FN4O4/c1-34-21-8-9-24(35-2)22(16-21)23-7-4-10-31(23)26(33)18-30-13-11-29(12-14-30)17-25(32)28-20-6-3-5-19(27)15-20/h3,5-6,8-9,15-16,23H,4,7,10-14,17-18H2,1-2H3,(H,28,32)/t23-/m1/s1. The summed E-state index contributed by atoms with van der Waals surface area (Å²) in [5, 5.41) is 2.73. The molecule has 9 heteroatoms. The number of anilines is 1. The number of rotatable bonds is 8. The number of nitrogens with zero attached hydrogens (tertiary/aromatic N) is 3. The second-order valence-corrected chi connectivity index (χ2v) is 8.96. The van der Waals surface area contributed by atoms with Crippen molar-refractivity contribution in [2.24, 2.45) is 0 Å². The van der Waals surface area contributed by atoms with Crippen LogP contribution in [0.3, 0.4) is 0 Å². The van der Waals surface area contributed by atoms with E-state index in [-0.39, 0.29) is 30.2 Å². The van der Waals surface area contributed by atoms with Gasteiger partial charge in [0.25, 0.3) is 0 Å². The van der Waals surface area contributed by atoms with Gasteiger partial charge in [0.1, 0.15) is 17.3 Å². The minimum atomic E-state index is -0.383. The first-order valence-electron chi connectivity index (χ1n) is 12.0. The van der Waals surface area contributed by atoms with Crippen LogP contribution in [0.4, 0.5) is 10.1 Å². The number of ether oxygens (including phenoxy) is 2. The molecule has 4 rings (SSSR count). The van der Waals surface area contributed by atoms with Crippen molar-refractivity contribution in [2.75, 3.05) is 65.3 Å². The topological polar surface area (TPSA) is 74.4 Å². The van der Waals surface area contributed by atoms with Crippen LogP contribution in [0.2, 0.25) is 0 Å². The molecule has 0 spiro atoms. The van der Waals surface area contributed by atoms with Gasteiger partial charge in [0.2, 0.25) is 11.8 Å². The summed E-state index contributed by atoms with van der Waals surface area (Å²) in [6.45, 7) is 4.12. The van der Waals surface area contributed by atoms with Crippen LogP contribution >= 0.6 is 0 Å². The van der Waals surface area contributed by atoms with Gasteiger partial charge < -0.3 is 19.7 Å². The second-order valence-electron chi connectivity index (χ2n) is 8.96. The zero-order valence-electron chi connectivity index (χ0n) is 20.3. The van der Waals surface area contributed by atoms with Gasteiger partial charge in [-0.05, 0) is 49.2 Å². The quantitative estimate of drug-likeness (QED) is 0.621. The molecule has 2 aliphatic heterocycles. The van der Waals surface area contributed by atoms with Crippen LogP contribution in [0.1, 0.15) is 24.4 Å². The minimum Gasteiger partial charge on any atom is -0.497 e. The molecule has 0 saturated carbocycles. The number of hydrogen-bond acceptors (Lipinski definition) is 6. The fourth-order valence-electron chi connectivity index (χ4n) is 4.85. The third-order valence-electron chi connectivity index (χ3n) is 6.67. The van der Waals surface area contributed by atoms with Crippen molar-refractivity contribution in [1.29, 1.82) is 0 Å². The van der Waals surface area contributed by atoms with Crippen LogP contribution in [-0.2, 0) is 9.59 Å². The number of carbonyl (C=O) groups is 2. The summed E-state index contributed by atoms with van der Waals surface area (Å²) >= 11 is 0. The summed E-state index contributed by atoms with van der Waals surface area (Å²) in [7, 11) is 3.28.